The van der Waals surface area contributed by atoms with Gasteiger partial charge in [-0.3, -0.25) is 4.79 Å². The Bertz CT molecular complexity index is 1330. The topological polar surface area (TPSA) is 101 Å². The highest BCUT2D eigenvalue weighted by Gasteiger charge is 2.36. The van der Waals surface area contributed by atoms with Crippen molar-refractivity contribution in [2.24, 2.45) is 0 Å². The Morgan fingerprint density at radius 1 is 1.00 bits per heavy atom. The molecule has 0 aliphatic carbocycles. The molecule has 2 heterocycles. The lowest BCUT2D eigenvalue weighted by atomic mass is 10.0. The minimum Gasteiger partial charge on any atom is -0.388 e. The van der Waals surface area contributed by atoms with Gasteiger partial charge in [-0.1, -0.05) is 30.3 Å². The first kappa shape index (κ1) is 22.9. The fourth-order valence-electron chi connectivity index (χ4n) is 3.20. The number of nitrogens with one attached hydrogen (secondary N) is 1. The molecule has 11 heteroatoms. The molecule has 172 valence electrons. The molecule has 0 fully saturated rings. The largest absolute Gasteiger partial charge is 0.417 e. The zero-order chi connectivity index (χ0) is 24.3. The number of carbonyl (C=O) groups excluding carboxylic acids is 1. The molecule has 0 spiro atoms. The van der Waals surface area contributed by atoms with Gasteiger partial charge in [-0.2, -0.15) is 13.2 Å². The summed E-state index contributed by atoms with van der Waals surface area (Å²) in [5.41, 5.74) is -1.62. The van der Waals surface area contributed by atoms with Gasteiger partial charge in [-0.25, -0.2) is 24.3 Å². The van der Waals surface area contributed by atoms with Gasteiger partial charge in [0.2, 0.25) is 0 Å². The molecule has 0 radical (unpaired) electrons. The van der Waals surface area contributed by atoms with Gasteiger partial charge < -0.3 is 10.4 Å². The van der Waals surface area contributed by atoms with E-state index in [2.05, 4.69) is 25.3 Å². The number of hydrogen-bond acceptors (Lipinski definition) is 6. The molecule has 4 rings (SSSR count). The number of anilines is 1. The predicted molar refractivity (Wildman–Crippen MR) is 114 cm³/mol. The summed E-state index contributed by atoms with van der Waals surface area (Å²) in [6.45, 7) is -0.456. The van der Waals surface area contributed by atoms with E-state index in [1.807, 2.05) is 0 Å². The Balaban J connectivity index is 1.78. The number of amides is 1. The lowest BCUT2D eigenvalue weighted by molar-refractivity contribution is -0.137. The van der Waals surface area contributed by atoms with Crippen LogP contribution in [0.4, 0.5) is 23.2 Å². The minimum absolute atomic E-state index is 0.0743. The number of nitrogens with zero attached hydrogens (tertiary/aromatic N) is 4. The molecule has 0 bridgehead atoms. The molecule has 0 unspecified atom stereocenters. The van der Waals surface area contributed by atoms with Crippen LogP contribution in [0, 0.1) is 5.82 Å². The highest BCUT2D eigenvalue weighted by atomic mass is 19.4. The Kier molecular flexibility index (Phi) is 6.28. The first-order valence-electron chi connectivity index (χ1n) is 9.79. The van der Waals surface area contributed by atoms with Crippen molar-refractivity contribution in [3.63, 3.8) is 0 Å². The SMILES string of the molecule is O=C(Nc1cnc(CO)nc1-c1ccccc1)c1cc(-c2ncccn2)c(C(F)(F)F)cc1F. The molecule has 0 atom stereocenters. The molecule has 4 aromatic rings. The Morgan fingerprint density at radius 3 is 2.35 bits per heavy atom. The van der Waals surface area contributed by atoms with Crippen LogP contribution in [-0.4, -0.2) is 30.9 Å². The number of hydrogen-bond donors (Lipinski definition) is 2. The molecular formula is C23H15F4N5O2. The quantitative estimate of drug-likeness (QED) is 0.418. The summed E-state index contributed by atoms with van der Waals surface area (Å²) in [6, 6.07) is 11.0. The molecule has 0 aliphatic rings. The zero-order valence-corrected chi connectivity index (χ0v) is 17.2. The number of halogens is 4. The van der Waals surface area contributed by atoms with E-state index in [-0.39, 0.29) is 29.1 Å². The van der Waals surface area contributed by atoms with E-state index < -0.39 is 41.2 Å². The second-order valence-electron chi connectivity index (χ2n) is 6.97. The van der Waals surface area contributed by atoms with E-state index in [9.17, 15) is 27.5 Å². The Hall–Kier alpha value is -4.25. The van der Waals surface area contributed by atoms with Crippen molar-refractivity contribution in [3.8, 4) is 22.6 Å². The van der Waals surface area contributed by atoms with E-state index >= 15 is 0 Å². The third-order valence-electron chi connectivity index (χ3n) is 4.74. The lowest BCUT2D eigenvalue weighted by Gasteiger charge is -2.15. The number of aliphatic hydroxyl groups excluding tert-OH is 1. The van der Waals surface area contributed by atoms with Crippen molar-refractivity contribution in [2.75, 3.05) is 5.32 Å². The Morgan fingerprint density at radius 2 is 1.71 bits per heavy atom. The summed E-state index contributed by atoms with van der Waals surface area (Å²) < 4.78 is 55.3. The van der Waals surface area contributed by atoms with E-state index in [4.69, 9.17) is 0 Å². The summed E-state index contributed by atoms with van der Waals surface area (Å²) in [5.74, 6) is -2.63. The number of aromatic nitrogens is 4. The number of aliphatic hydroxyl groups is 1. The van der Waals surface area contributed by atoms with Gasteiger partial charge in [0.25, 0.3) is 5.91 Å². The summed E-state index contributed by atoms with van der Waals surface area (Å²) in [7, 11) is 0. The van der Waals surface area contributed by atoms with Gasteiger partial charge in [0.1, 0.15) is 12.4 Å². The van der Waals surface area contributed by atoms with Crippen LogP contribution >= 0.6 is 0 Å². The molecule has 0 saturated heterocycles. The summed E-state index contributed by atoms with van der Waals surface area (Å²) >= 11 is 0. The maximum atomic E-state index is 14.7. The maximum Gasteiger partial charge on any atom is 0.417 e. The van der Waals surface area contributed by atoms with Crippen LogP contribution in [0.3, 0.4) is 0 Å². The molecule has 0 aliphatic heterocycles. The van der Waals surface area contributed by atoms with E-state index in [1.54, 1.807) is 30.3 Å². The lowest BCUT2D eigenvalue weighted by Crippen LogP contribution is -2.18. The first-order valence-corrected chi connectivity index (χ1v) is 9.79. The summed E-state index contributed by atoms with van der Waals surface area (Å²) in [4.78, 5) is 28.7. The highest BCUT2D eigenvalue weighted by molar-refractivity contribution is 6.06. The second-order valence-corrected chi connectivity index (χ2v) is 6.97. The summed E-state index contributed by atoms with van der Waals surface area (Å²) in [6.07, 6.45) is -1.21. The minimum atomic E-state index is -4.90. The zero-order valence-electron chi connectivity index (χ0n) is 17.2. The van der Waals surface area contributed by atoms with Crippen molar-refractivity contribution in [1.29, 1.82) is 0 Å². The standard InChI is InChI=1S/C23H15F4N5O2/c24-17-10-16(23(25,26)27)14(21-28-7-4-8-29-21)9-15(17)22(34)31-18-11-30-19(12-33)32-20(18)13-5-2-1-3-6-13/h1-11,33H,12H2,(H,31,34). The smallest absolute Gasteiger partial charge is 0.388 e. The van der Waals surface area contributed by atoms with Crippen LogP contribution in [0.5, 0.6) is 0 Å². The van der Waals surface area contributed by atoms with Gasteiger partial charge in [-0.15, -0.1) is 0 Å². The van der Waals surface area contributed by atoms with Crippen molar-refractivity contribution >= 4 is 11.6 Å². The molecule has 1 amide bonds. The maximum absolute atomic E-state index is 14.7. The van der Waals surface area contributed by atoms with Crippen LogP contribution in [0.25, 0.3) is 22.6 Å². The van der Waals surface area contributed by atoms with Gasteiger partial charge in [0, 0.05) is 23.5 Å². The van der Waals surface area contributed by atoms with E-state index in [1.165, 1.54) is 24.7 Å². The molecule has 0 saturated carbocycles. The summed E-state index contributed by atoms with van der Waals surface area (Å²) in [5, 5.41) is 11.8. The normalized spacial score (nSPS) is 11.3. The number of alkyl halides is 3. The van der Waals surface area contributed by atoms with Crippen LogP contribution in [0.15, 0.2) is 67.1 Å². The fraction of sp³-hybridized carbons (Fsp3) is 0.0870. The van der Waals surface area contributed by atoms with Crippen LogP contribution in [-0.2, 0) is 12.8 Å². The molecule has 2 N–H and O–H groups in total. The van der Waals surface area contributed by atoms with Crippen molar-refractivity contribution in [1.82, 2.24) is 19.9 Å². The fourth-order valence-corrected chi connectivity index (χ4v) is 3.20. The van der Waals surface area contributed by atoms with Crippen molar-refractivity contribution < 1.29 is 27.5 Å². The van der Waals surface area contributed by atoms with Crippen LogP contribution in [0.1, 0.15) is 21.7 Å². The van der Waals surface area contributed by atoms with Crippen LogP contribution < -0.4 is 5.32 Å². The van der Waals surface area contributed by atoms with Crippen molar-refractivity contribution in [2.45, 2.75) is 12.8 Å². The molecule has 34 heavy (non-hydrogen) atoms. The van der Waals surface area contributed by atoms with E-state index in [0.29, 0.717) is 5.56 Å². The highest BCUT2D eigenvalue weighted by Crippen LogP contribution is 2.37. The first-order chi connectivity index (χ1) is 16.3. The van der Waals surface area contributed by atoms with E-state index in [0.717, 1.165) is 6.07 Å². The van der Waals surface area contributed by atoms with Gasteiger partial charge in [0.15, 0.2) is 11.6 Å². The van der Waals surface area contributed by atoms with Crippen LogP contribution in [0.2, 0.25) is 0 Å². The number of benzene rings is 2. The molecular weight excluding hydrogens is 454 g/mol. The number of carbonyl (C=O) groups is 1. The Labute approximate surface area is 190 Å². The van der Waals surface area contributed by atoms with Gasteiger partial charge in [-0.05, 0) is 18.2 Å². The monoisotopic (exact) mass is 469 g/mol. The molecule has 7 nitrogen and oxygen atoms in total. The second kappa shape index (κ2) is 9.32. The third-order valence-corrected chi connectivity index (χ3v) is 4.74. The third kappa shape index (κ3) is 4.74. The average Bonchev–Trinajstić information content (AvgIpc) is 2.84. The molecule has 2 aromatic heterocycles. The van der Waals surface area contributed by atoms with Gasteiger partial charge in [0.05, 0.1) is 28.7 Å². The molecule has 2 aromatic carbocycles. The average molecular weight is 469 g/mol. The van der Waals surface area contributed by atoms with Crippen molar-refractivity contribution in [3.05, 3.63) is 89.9 Å². The number of rotatable bonds is 5. The predicted octanol–water partition coefficient (Wildman–Crippen LogP) is 4.50. The van der Waals surface area contributed by atoms with Gasteiger partial charge >= 0.3 is 6.18 Å².